The van der Waals surface area contributed by atoms with Gasteiger partial charge >= 0.3 is 6.09 Å². The number of carbonyl (C=O) groups is 1. The van der Waals surface area contributed by atoms with E-state index in [0.29, 0.717) is 5.56 Å². The number of nitro groups is 1. The molecule has 110 valence electrons. The minimum atomic E-state index is -1.67. The number of halogens is 1. The van der Waals surface area contributed by atoms with Gasteiger partial charge in [0.25, 0.3) is 5.69 Å². The van der Waals surface area contributed by atoms with Gasteiger partial charge in [-0.1, -0.05) is 12.1 Å². The molecule has 1 N–H and O–H groups in total. The molecule has 20 heavy (non-hydrogen) atoms. The van der Waals surface area contributed by atoms with E-state index in [1.807, 2.05) is 5.32 Å². The minimum absolute atomic E-state index is 0.119. The van der Waals surface area contributed by atoms with E-state index < -0.39 is 22.9 Å². The van der Waals surface area contributed by atoms with E-state index in [1.165, 1.54) is 18.2 Å². The van der Waals surface area contributed by atoms with Gasteiger partial charge in [-0.3, -0.25) is 15.4 Å². The smallest absolute Gasteiger partial charge is 0.409 e. The summed E-state index contributed by atoms with van der Waals surface area (Å²) in [6.07, 6.45) is -2.71. The molecule has 0 bridgehead atoms. The molecule has 0 radical (unpaired) electrons. The Bertz CT molecular complexity index is 499. The number of alkyl carbamates (subject to hydrolysis) is 1. The fraction of sp³-hybridized carbons (Fsp3) is 0.462. The van der Waals surface area contributed by atoms with Gasteiger partial charge in [-0.05, 0) is 26.3 Å². The van der Waals surface area contributed by atoms with Crippen molar-refractivity contribution in [2.75, 3.05) is 0 Å². The van der Waals surface area contributed by atoms with Crippen molar-refractivity contribution in [2.24, 2.45) is 0 Å². The zero-order valence-corrected chi connectivity index (χ0v) is 11.6. The van der Waals surface area contributed by atoms with Crippen LogP contribution >= 0.6 is 0 Å². The molecule has 0 spiro atoms. The molecule has 0 aliphatic heterocycles. The molecule has 6 nitrogen and oxygen atoms in total. The van der Waals surface area contributed by atoms with Crippen LogP contribution in [0.25, 0.3) is 0 Å². The molecule has 1 amide bonds. The van der Waals surface area contributed by atoms with Gasteiger partial charge in [0.15, 0.2) is 6.30 Å². The molecule has 1 atom stereocenters. The van der Waals surface area contributed by atoms with Gasteiger partial charge in [0.1, 0.15) is 5.60 Å². The average Bonchev–Trinajstić information content (AvgIpc) is 2.25. The van der Waals surface area contributed by atoms with Crippen molar-refractivity contribution < 1.29 is 18.8 Å². The van der Waals surface area contributed by atoms with Gasteiger partial charge in [-0.2, -0.15) is 0 Å². The number of ether oxygens (including phenoxy) is 1. The number of benzene rings is 1. The summed E-state index contributed by atoms with van der Waals surface area (Å²) in [5.74, 6) is 0. The molecule has 0 saturated carbocycles. The highest BCUT2D eigenvalue weighted by atomic mass is 19.1. The number of alkyl halides is 1. The molecule has 0 aromatic heterocycles. The Labute approximate surface area is 116 Å². The highest BCUT2D eigenvalue weighted by Gasteiger charge is 2.19. The lowest BCUT2D eigenvalue weighted by atomic mass is 10.1. The second kappa shape index (κ2) is 6.31. The van der Waals surface area contributed by atoms with Crippen molar-refractivity contribution in [3.63, 3.8) is 0 Å². The molecule has 0 fully saturated rings. The summed E-state index contributed by atoms with van der Waals surface area (Å²) in [4.78, 5) is 21.4. The van der Waals surface area contributed by atoms with Crippen molar-refractivity contribution in [2.45, 2.75) is 39.1 Å². The largest absolute Gasteiger partial charge is 0.444 e. The second-order valence-electron chi connectivity index (χ2n) is 5.24. The Balaban J connectivity index is 2.58. The summed E-state index contributed by atoms with van der Waals surface area (Å²) >= 11 is 0. The lowest BCUT2D eigenvalue weighted by Crippen LogP contribution is -2.38. The number of hydrogen-bond acceptors (Lipinski definition) is 4. The average molecular weight is 284 g/mol. The van der Waals surface area contributed by atoms with Crippen LogP contribution in [-0.2, 0) is 11.2 Å². The molecule has 1 aromatic rings. The van der Waals surface area contributed by atoms with Crippen molar-refractivity contribution >= 4 is 11.8 Å². The maximum atomic E-state index is 13.7. The highest BCUT2D eigenvalue weighted by Crippen LogP contribution is 2.15. The second-order valence-corrected chi connectivity index (χ2v) is 5.24. The molecule has 1 unspecified atom stereocenters. The molecule has 7 heteroatoms. The predicted octanol–water partition coefficient (Wildman–Crippen LogP) is 2.96. The summed E-state index contributed by atoms with van der Waals surface area (Å²) in [5, 5.41) is 12.6. The van der Waals surface area contributed by atoms with Gasteiger partial charge in [0, 0.05) is 18.6 Å². The molecule has 0 saturated heterocycles. The van der Waals surface area contributed by atoms with Gasteiger partial charge in [0.2, 0.25) is 0 Å². The fourth-order valence-corrected chi connectivity index (χ4v) is 1.49. The Morgan fingerprint density at radius 1 is 1.50 bits per heavy atom. The standard InChI is InChI=1S/C13H17FN2O4/c1-13(2,3)20-12(17)15-11(14)8-9-5-4-6-10(7-9)16(18)19/h4-7,11H,8H2,1-3H3,(H,15,17). The predicted molar refractivity (Wildman–Crippen MR) is 71.1 cm³/mol. The number of non-ortho nitro benzene ring substituents is 1. The van der Waals surface area contributed by atoms with E-state index in [1.54, 1.807) is 26.8 Å². The van der Waals surface area contributed by atoms with E-state index in [2.05, 4.69) is 0 Å². The SMILES string of the molecule is CC(C)(C)OC(=O)NC(F)Cc1cccc([N+](=O)[O-])c1. The molecule has 0 aliphatic rings. The Morgan fingerprint density at radius 3 is 2.70 bits per heavy atom. The third-order valence-electron chi connectivity index (χ3n) is 2.21. The van der Waals surface area contributed by atoms with E-state index in [-0.39, 0.29) is 12.1 Å². The number of carbonyl (C=O) groups excluding carboxylic acids is 1. The molecule has 1 aromatic carbocycles. The zero-order valence-electron chi connectivity index (χ0n) is 11.6. The highest BCUT2D eigenvalue weighted by molar-refractivity contribution is 5.67. The summed E-state index contributed by atoms with van der Waals surface area (Å²) in [5.41, 5.74) is -0.412. The van der Waals surface area contributed by atoms with Crippen molar-refractivity contribution in [1.82, 2.24) is 5.32 Å². The quantitative estimate of drug-likeness (QED) is 0.523. The number of nitrogens with zero attached hydrogens (tertiary/aromatic N) is 1. The first-order valence-corrected chi connectivity index (χ1v) is 6.04. The van der Waals surface area contributed by atoms with Gasteiger partial charge in [-0.15, -0.1) is 0 Å². The number of amides is 1. The van der Waals surface area contributed by atoms with Crippen molar-refractivity contribution in [3.05, 3.63) is 39.9 Å². The van der Waals surface area contributed by atoms with Gasteiger partial charge < -0.3 is 4.74 Å². The van der Waals surface area contributed by atoms with Crippen LogP contribution < -0.4 is 5.32 Å². The molecule has 1 rings (SSSR count). The third-order valence-corrected chi connectivity index (χ3v) is 2.21. The van der Waals surface area contributed by atoms with Crippen LogP contribution in [0.3, 0.4) is 0 Å². The van der Waals surface area contributed by atoms with Crippen LogP contribution in [0, 0.1) is 10.1 Å². The molecule has 0 heterocycles. The fourth-order valence-electron chi connectivity index (χ4n) is 1.49. The maximum Gasteiger partial charge on any atom is 0.409 e. The minimum Gasteiger partial charge on any atom is -0.444 e. The maximum absolute atomic E-state index is 13.7. The monoisotopic (exact) mass is 284 g/mol. The van der Waals surface area contributed by atoms with Crippen LogP contribution in [0.1, 0.15) is 26.3 Å². The molecular weight excluding hydrogens is 267 g/mol. The normalized spacial score (nSPS) is 12.6. The lowest BCUT2D eigenvalue weighted by Gasteiger charge is -2.20. The Hall–Kier alpha value is -2.18. The van der Waals surface area contributed by atoms with E-state index in [0.717, 1.165) is 0 Å². The van der Waals surface area contributed by atoms with E-state index >= 15 is 0 Å². The topological polar surface area (TPSA) is 81.5 Å². The zero-order chi connectivity index (χ0) is 15.3. The van der Waals surface area contributed by atoms with Crippen LogP contribution in [0.5, 0.6) is 0 Å². The first kappa shape index (κ1) is 15.9. The number of nitrogens with one attached hydrogen (secondary N) is 1. The van der Waals surface area contributed by atoms with Crippen LogP contribution in [0.2, 0.25) is 0 Å². The molecule has 0 aliphatic carbocycles. The van der Waals surface area contributed by atoms with Crippen molar-refractivity contribution in [1.29, 1.82) is 0 Å². The summed E-state index contributed by atoms with van der Waals surface area (Å²) in [7, 11) is 0. The summed E-state index contributed by atoms with van der Waals surface area (Å²) in [6.45, 7) is 5.00. The number of rotatable bonds is 4. The van der Waals surface area contributed by atoms with E-state index in [9.17, 15) is 19.3 Å². The third kappa shape index (κ3) is 5.64. The molecular formula is C13H17FN2O4. The number of nitro benzene ring substituents is 1. The van der Waals surface area contributed by atoms with Crippen LogP contribution in [-0.4, -0.2) is 22.9 Å². The number of hydrogen-bond donors (Lipinski definition) is 1. The van der Waals surface area contributed by atoms with Crippen molar-refractivity contribution in [3.8, 4) is 0 Å². The first-order chi connectivity index (χ1) is 9.17. The Kier molecular flexibility index (Phi) is 5.01. The Morgan fingerprint density at radius 2 is 2.15 bits per heavy atom. The summed E-state index contributed by atoms with van der Waals surface area (Å²) < 4.78 is 18.6. The lowest BCUT2D eigenvalue weighted by molar-refractivity contribution is -0.384. The van der Waals surface area contributed by atoms with Gasteiger partial charge in [0.05, 0.1) is 4.92 Å². The summed E-state index contributed by atoms with van der Waals surface area (Å²) in [6, 6.07) is 5.60. The van der Waals surface area contributed by atoms with E-state index in [4.69, 9.17) is 4.74 Å². The van der Waals surface area contributed by atoms with Crippen LogP contribution in [0.4, 0.5) is 14.9 Å². The first-order valence-electron chi connectivity index (χ1n) is 6.04. The van der Waals surface area contributed by atoms with Gasteiger partial charge in [-0.25, -0.2) is 9.18 Å². The van der Waals surface area contributed by atoms with Crippen LogP contribution in [0.15, 0.2) is 24.3 Å².